The number of carbonyl (C=O) groups is 1. The molecule has 0 saturated carbocycles. The fourth-order valence-electron chi connectivity index (χ4n) is 4.31. The lowest BCUT2D eigenvalue weighted by atomic mass is 9.96. The summed E-state index contributed by atoms with van der Waals surface area (Å²) in [7, 11) is 0. The second-order valence-electron chi connectivity index (χ2n) is 9.46. The monoisotopic (exact) mass is 440 g/mol. The molecule has 3 unspecified atom stereocenters. The number of ether oxygens (including phenoxy) is 3. The third kappa shape index (κ3) is 15.0. The van der Waals surface area contributed by atoms with Crippen molar-refractivity contribution < 1.29 is 19.0 Å². The van der Waals surface area contributed by atoms with Gasteiger partial charge in [0.05, 0.1) is 6.61 Å². The van der Waals surface area contributed by atoms with Crippen molar-refractivity contribution >= 4 is 5.97 Å². The molecular formula is C27H52O4. The summed E-state index contributed by atoms with van der Waals surface area (Å²) in [5, 5.41) is 0. The van der Waals surface area contributed by atoms with Crippen molar-refractivity contribution in [2.24, 2.45) is 5.92 Å². The Bertz CT molecular complexity index is 406. The van der Waals surface area contributed by atoms with Crippen LogP contribution in [-0.4, -0.2) is 31.6 Å². The van der Waals surface area contributed by atoms with Crippen molar-refractivity contribution in [3.8, 4) is 0 Å². The third-order valence-corrected chi connectivity index (χ3v) is 6.43. The Hall–Kier alpha value is -0.610. The molecule has 1 aliphatic rings. The van der Waals surface area contributed by atoms with Crippen molar-refractivity contribution in [1.82, 2.24) is 0 Å². The van der Waals surface area contributed by atoms with Gasteiger partial charge in [-0.15, -0.1) is 0 Å². The molecule has 184 valence electrons. The Kier molecular flexibility index (Phi) is 18.4. The van der Waals surface area contributed by atoms with E-state index >= 15 is 0 Å². The Morgan fingerprint density at radius 3 is 2.10 bits per heavy atom. The highest BCUT2D eigenvalue weighted by Gasteiger charge is 2.27. The second-order valence-corrected chi connectivity index (χ2v) is 9.46. The maximum Gasteiger partial charge on any atom is 0.335 e. The second kappa shape index (κ2) is 20.0. The van der Waals surface area contributed by atoms with Crippen LogP contribution < -0.4 is 0 Å². The number of carbonyl (C=O) groups excluding carboxylic acids is 1. The van der Waals surface area contributed by atoms with E-state index in [1.807, 2.05) is 0 Å². The number of hydrogen-bond donors (Lipinski definition) is 0. The van der Waals surface area contributed by atoms with Crippen LogP contribution >= 0.6 is 0 Å². The molecule has 4 heteroatoms. The van der Waals surface area contributed by atoms with Crippen molar-refractivity contribution in [1.29, 1.82) is 0 Å². The Balaban J connectivity index is 2.48. The van der Waals surface area contributed by atoms with Crippen LogP contribution in [0, 0.1) is 5.92 Å². The highest BCUT2D eigenvalue weighted by molar-refractivity contribution is 5.74. The van der Waals surface area contributed by atoms with Gasteiger partial charge < -0.3 is 14.2 Å². The topological polar surface area (TPSA) is 44.8 Å². The molecule has 0 bridgehead atoms. The zero-order valence-corrected chi connectivity index (χ0v) is 21.0. The highest BCUT2D eigenvalue weighted by atomic mass is 16.7. The number of esters is 1. The largest absolute Gasteiger partial charge is 0.463 e. The van der Waals surface area contributed by atoms with Crippen molar-refractivity contribution in [2.75, 3.05) is 13.2 Å². The van der Waals surface area contributed by atoms with Crippen LogP contribution in [0.4, 0.5) is 0 Å². The SMILES string of the molecule is CCCCCCCCC(OC1CCCCO1)C(=O)OCC(CCCC)CCCCCC. The van der Waals surface area contributed by atoms with Crippen LogP contribution in [0.2, 0.25) is 0 Å². The van der Waals surface area contributed by atoms with Crippen molar-refractivity contribution in [3.05, 3.63) is 0 Å². The molecule has 1 aliphatic heterocycles. The van der Waals surface area contributed by atoms with Gasteiger partial charge in [-0.3, -0.25) is 0 Å². The quantitative estimate of drug-likeness (QED) is 0.142. The van der Waals surface area contributed by atoms with Crippen molar-refractivity contribution in [3.63, 3.8) is 0 Å². The fraction of sp³-hybridized carbons (Fsp3) is 0.963. The molecule has 0 aromatic carbocycles. The van der Waals surface area contributed by atoms with Crippen LogP contribution in [0.1, 0.15) is 136 Å². The smallest absolute Gasteiger partial charge is 0.335 e. The Morgan fingerprint density at radius 1 is 0.806 bits per heavy atom. The summed E-state index contributed by atoms with van der Waals surface area (Å²) < 4.78 is 17.7. The van der Waals surface area contributed by atoms with Gasteiger partial charge in [-0.2, -0.15) is 0 Å². The van der Waals surface area contributed by atoms with Gasteiger partial charge in [0.1, 0.15) is 0 Å². The molecule has 0 aliphatic carbocycles. The molecule has 1 heterocycles. The summed E-state index contributed by atoms with van der Waals surface area (Å²) in [6.45, 7) is 8.00. The maximum absolute atomic E-state index is 12.9. The first kappa shape index (κ1) is 28.4. The Labute approximate surface area is 193 Å². The predicted molar refractivity (Wildman–Crippen MR) is 129 cm³/mol. The molecule has 0 amide bonds. The molecule has 3 atom stereocenters. The Morgan fingerprint density at radius 2 is 1.42 bits per heavy atom. The predicted octanol–water partition coefficient (Wildman–Crippen LogP) is 7.97. The summed E-state index contributed by atoms with van der Waals surface area (Å²) in [6, 6.07) is 0. The van der Waals surface area contributed by atoms with E-state index in [4.69, 9.17) is 14.2 Å². The molecule has 0 aromatic heterocycles. The third-order valence-electron chi connectivity index (χ3n) is 6.43. The minimum atomic E-state index is -0.471. The van der Waals surface area contributed by atoms with E-state index in [0.717, 1.165) is 51.6 Å². The zero-order valence-electron chi connectivity index (χ0n) is 21.0. The van der Waals surface area contributed by atoms with Gasteiger partial charge in [0.15, 0.2) is 12.4 Å². The number of rotatable bonds is 20. The standard InChI is InChI=1S/C27H52O4/c1-4-7-10-12-13-15-20-25(31-26-21-16-17-22-29-26)27(28)30-23-24(18-9-6-3)19-14-11-8-5-2/h24-26H,4-23H2,1-3H3. The van der Waals surface area contributed by atoms with Gasteiger partial charge in [-0.1, -0.05) is 97.8 Å². The first-order valence-electron chi connectivity index (χ1n) is 13.6. The molecule has 31 heavy (non-hydrogen) atoms. The summed E-state index contributed by atoms with van der Waals surface area (Å²) in [5.41, 5.74) is 0. The van der Waals surface area contributed by atoms with Gasteiger partial charge in [0.25, 0.3) is 0 Å². The van der Waals surface area contributed by atoms with E-state index in [1.165, 1.54) is 70.6 Å². The zero-order chi connectivity index (χ0) is 22.6. The van der Waals surface area contributed by atoms with Gasteiger partial charge in [0.2, 0.25) is 0 Å². The van der Waals surface area contributed by atoms with Crippen LogP contribution in [0.15, 0.2) is 0 Å². The molecule has 4 nitrogen and oxygen atoms in total. The van der Waals surface area contributed by atoms with E-state index < -0.39 is 6.10 Å². The van der Waals surface area contributed by atoms with E-state index in [0.29, 0.717) is 12.5 Å². The normalized spacial score (nSPS) is 18.6. The number of unbranched alkanes of at least 4 members (excludes halogenated alkanes) is 9. The maximum atomic E-state index is 12.9. The summed E-state index contributed by atoms with van der Waals surface area (Å²) >= 11 is 0. The first-order valence-corrected chi connectivity index (χ1v) is 13.6. The van der Waals surface area contributed by atoms with E-state index in [2.05, 4.69) is 20.8 Å². The molecule has 0 N–H and O–H groups in total. The van der Waals surface area contributed by atoms with Crippen LogP contribution in [-0.2, 0) is 19.0 Å². The minimum absolute atomic E-state index is 0.169. The fourth-order valence-corrected chi connectivity index (χ4v) is 4.31. The first-order chi connectivity index (χ1) is 15.2. The lowest BCUT2D eigenvalue weighted by molar-refractivity contribution is -0.205. The molecule has 1 fully saturated rings. The van der Waals surface area contributed by atoms with E-state index in [-0.39, 0.29) is 12.3 Å². The van der Waals surface area contributed by atoms with Gasteiger partial charge in [0, 0.05) is 6.61 Å². The average Bonchev–Trinajstić information content (AvgIpc) is 2.79. The highest BCUT2D eigenvalue weighted by Crippen LogP contribution is 2.21. The molecule has 1 saturated heterocycles. The van der Waals surface area contributed by atoms with E-state index in [1.54, 1.807) is 0 Å². The molecule has 0 radical (unpaired) electrons. The molecular weight excluding hydrogens is 388 g/mol. The molecule has 0 spiro atoms. The summed E-state index contributed by atoms with van der Waals surface area (Å²) in [4.78, 5) is 12.9. The number of hydrogen-bond acceptors (Lipinski definition) is 4. The minimum Gasteiger partial charge on any atom is -0.463 e. The van der Waals surface area contributed by atoms with Crippen LogP contribution in [0.3, 0.4) is 0 Å². The van der Waals surface area contributed by atoms with Gasteiger partial charge >= 0.3 is 5.97 Å². The molecule has 0 aromatic rings. The van der Waals surface area contributed by atoms with Gasteiger partial charge in [-0.05, 0) is 44.4 Å². The van der Waals surface area contributed by atoms with Crippen molar-refractivity contribution in [2.45, 2.75) is 149 Å². The van der Waals surface area contributed by atoms with E-state index in [9.17, 15) is 4.79 Å². The van der Waals surface area contributed by atoms with Gasteiger partial charge in [-0.25, -0.2) is 4.79 Å². The summed E-state index contributed by atoms with van der Waals surface area (Å²) in [5.74, 6) is 0.319. The molecule has 1 rings (SSSR count). The summed E-state index contributed by atoms with van der Waals surface area (Å²) in [6.07, 6.45) is 20.2. The average molecular weight is 441 g/mol. The lowest BCUT2D eigenvalue weighted by Gasteiger charge is -2.27. The van der Waals surface area contributed by atoms with Crippen LogP contribution in [0.25, 0.3) is 0 Å². The van der Waals surface area contributed by atoms with Crippen LogP contribution in [0.5, 0.6) is 0 Å². The lowest BCUT2D eigenvalue weighted by Crippen LogP contribution is -2.34.